The second kappa shape index (κ2) is 9.61. The summed E-state index contributed by atoms with van der Waals surface area (Å²) in [7, 11) is -3.92. The Bertz CT molecular complexity index is 1020. The Balaban J connectivity index is 1.31. The molecule has 12 heteroatoms. The van der Waals surface area contributed by atoms with Crippen molar-refractivity contribution in [2.75, 3.05) is 31.9 Å². The number of hydrogen-bond donors (Lipinski definition) is 0. The first-order chi connectivity index (χ1) is 15.0. The molecule has 0 spiro atoms. The van der Waals surface area contributed by atoms with Crippen LogP contribution in [0.5, 0.6) is 0 Å². The summed E-state index contributed by atoms with van der Waals surface area (Å²) in [6, 6.07) is 5.62. The number of benzene rings is 1. The Morgan fingerprint density at radius 2 is 1.81 bits per heavy atom. The Morgan fingerprint density at radius 3 is 2.52 bits per heavy atom. The van der Waals surface area contributed by atoms with Crippen molar-refractivity contribution in [3.63, 3.8) is 0 Å². The van der Waals surface area contributed by atoms with Crippen LogP contribution in [0.1, 0.15) is 38.1 Å². The van der Waals surface area contributed by atoms with Crippen LogP contribution in [0.25, 0.3) is 0 Å². The number of nitrogens with zero attached hydrogens (tertiary/aromatic N) is 6. The summed E-state index contributed by atoms with van der Waals surface area (Å²) >= 11 is 1.31. The van der Waals surface area contributed by atoms with Crippen LogP contribution < -0.4 is 0 Å². The van der Waals surface area contributed by atoms with Gasteiger partial charge in [-0.25, -0.2) is 17.5 Å². The number of sulfonamides is 1. The molecule has 168 valence electrons. The average molecular weight is 469 g/mol. The van der Waals surface area contributed by atoms with E-state index in [1.165, 1.54) is 40.7 Å². The maximum absolute atomic E-state index is 14.0. The van der Waals surface area contributed by atoms with Gasteiger partial charge >= 0.3 is 0 Å². The van der Waals surface area contributed by atoms with Crippen molar-refractivity contribution in [3.05, 3.63) is 30.1 Å². The zero-order valence-corrected chi connectivity index (χ0v) is 18.7. The SMILES string of the molecule is O=C(CSc1nnnn1C1CCCCC1)N1CCN(S(=O)(=O)c2ccccc2F)CC1. The lowest BCUT2D eigenvalue weighted by Crippen LogP contribution is -2.51. The van der Waals surface area contributed by atoms with Crippen molar-refractivity contribution < 1.29 is 17.6 Å². The molecule has 0 bridgehead atoms. The first kappa shape index (κ1) is 22.2. The van der Waals surface area contributed by atoms with Gasteiger partial charge in [0, 0.05) is 26.2 Å². The fourth-order valence-corrected chi connectivity index (χ4v) is 6.36. The smallest absolute Gasteiger partial charge is 0.246 e. The minimum Gasteiger partial charge on any atom is -0.339 e. The molecule has 2 aromatic rings. The zero-order chi connectivity index (χ0) is 21.8. The van der Waals surface area contributed by atoms with E-state index in [0.717, 1.165) is 31.7 Å². The van der Waals surface area contributed by atoms with Gasteiger partial charge in [-0.05, 0) is 35.4 Å². The molecular formula is C19H25FN6O3S2. The number of tetrazole rings is 1. The summed E-state index contributed by atoms with van der Waals surface area (Å²) in [5, 5.41) is 12.6. The zero-order valence-electron chi connectivity index (χ0n) is 17.1. The molecule has 1 aromatic carbocycles. The van der Waals surface area contributed by atoms with Gasteiger partial charge in [-0.2, -0.15) is 4.31 Å². The van der Waals surface area contributed by atoms with Crippen LogP contribution in [0.15, 0.2) is 34.3 Å². The molecule has 1 amide bonds. The summed E-state index contributed by atoms with van der Waals surface area (Å²) in [5.41, 5.74) is 0. The second-order valence-electron chi connectivity index (χ2n) is 7.70. The van der Waals surface area contributed by atoms with Crippen molar-refractivity contribution in [2.24, 2.45) is 0 Å². The van der Waals surface area contributed by atoms with Gasteiger partial charge in [0.25, 0.3) is 0 Å². The summed E-state index contributed by atoms with van der Waals surface area (Å²) < 4.78 is 42.4. The second-order valence-corrected chi connectivity index (χ2v) is 10.6. The minimum absolute atomic E-state index is 0.0915. The van der Waals surface area contributed by atoms with Gasteiger partial charge in [-0.1, -0.05) is 43.2 Å². The van der Waals surface area contributed by atoms with Crippen molar-refractivity contribution >= 4 is 27.7 Å². The third-order valence-electron chi connectivity index (χ3n) is 5.75. The van der Waals surface area contributed by atoms with Crippen molar-refractivity contribution in [1.29, 1.82) is 0 Å². The number of carbonyl (C=O) groups is 1. The number of carbonyl (C=O) groups excluding carboxylic acids is 1. The molecule has 0 atom stereocenters. The van der Waals surface area contributed by atoms with Crippen LogP contribution in [-0.4, -0.2) is 75.7 Å². The number of piperazine rings is 1. The third kappa shape index (κ3) is 4.90. The van der Waals surface area contributed by atoms with Crippen molar-refractivity contribution in [1.82, 2.24) is 29.4 Å². The molecule has 1 aliphatic heterocycles. The Hall–Kier alpha value is -2.05. The molecule has 1 saturated carbocycles. The fourth-order valence-electron chi connectivity index (χ4n) is 4.02. The number of rotatable bonds is 6. The van der Waals surface area contributed by atoms with Crippen LogP contribution in [0.4, 0.5) is 4.39 Å². The molecule has 1 aliphatic carbocycles. The molecule has 2 heterocycles. The van der Waals surface area contributed by atoms with E-state index in [9.17, 15) is 17.6 Å². The van der Waals surface area contributed by atoms with Gasteiger partial charge in [0.15, 0.2) is 0 Å². The highest BCUT2D eigenvalue weighted by atomic mass is 32.2. The van der Waals surface area contributed by atoms with Gasteiger partial charge in [0.2, 0.25) is 21.1 Å². The van der Waals surface area contributed by atoms with E-state index < -0.39 is 15.8 Å². The van der Waals surface area contributed by atoms with Crippen LogP contribution >= 0.6 is 11.8 Å². The lowest BCUT2D eigenvalue weighted by atomic mass is 9.96. The van der Waals surface area contributed by atoms with Gasteiger partial charge in [0.05, 0.1) is 11.8 Å². The molecule has 9 nitrogen and oxygen atoms in total. The normalized spacial score (nSPS) is 18.9. The molecule has 2 fully saturated rings. The van der Waals surface area contributed by atoms with E-state index in [1.807, 2.05) is 4.68 Å². The van der Waals surface area contributed by atoms with Gasteiger partial charge in [-0.3, -0.25) is 4.79 Å². The minimum atomic E-state index is -3.92. The summed E-state index contributed by atoms with van der Waals surface area (Å²) in [5.74, 6) is -0.674. The fraction of sp³-hybridized carbons (Fsp3) is 0.579. The van der Waals surface area contributed by atoms with Gasteiger partial charge in [-0.15, -0.1) is 5.10 Å². The molecule has 0 radical (unpaired) electrons. The quantitative estimate of drug-likeness (QED) is 0.597. The van der Waals surface area contributed by atoms with Crippen molar-refractivity contribution in [2.45, 2.75) is 48.2 Å². The Labute approximate surface area is 185 Å². The average Bonchev–Trinajstić information content (AvgIpc) is 3.27. The van der Waals surface area contributed by atoms with E-state index in [1.54, 1.807) is 4.90 Å². The first-order valence-corrected chi connectivity index (χ1v) is 12.8. The van der Waals surface area contributed by atoms with E-state index in [2.05, 4.69) is 15.5 Å². The lowest BCUT2D eigenvalue weighted by Gasteiger charge is -2.34. The summed E-state index contributed by atoms with van der Waals surface area (Å²) in [6.07, 6.45) is 5.65. The third-order valence-corrected chi connectivity index (χ3v) is 8.60. The topological polar surface area (TPSA) is 101 Å². The van der Waals surface area contributed by atoms with Crippen LogP contribution in [-0.2, 0) is 14.8 Å². The molecule has 4 rings (SSSR count). The highest BCUT2D eigenvalue weighted by Crippen LogP contribution is 2.30. The van der Waals surface area contributed by atoms with Crippen LogP contribution in [0.2, 0.25) is 0 Å². The van der Waals surface area contributed by atoms with E-state index in [4.69, 9.17) is 0 Å². The van der Waals surface area contributed by atoms with E-state index in [0.29, 0.717) is 5.16 Å². The largest absolute Gasteiger partial charge is 0.339 e. The highest BCUT2D eigenvalue weighted by Gasteiger charge is 2.32. The van der Waals surface area contributed by atoms with Crippen LogP contribution in [0.3, 0.4) is 0 Å². The monoisotopic (exact) mass is 468 g/mol. The Morgan fingerprint density at radius 1 is 1.10 bits per heavy atom. The summed E-state index contributed by atoms with van der Waals surface area (Å²) in [4.78, 5) is 14.0. The molecular weight excluding hydrogens is 443 g/mol. The molecule has 0 unspecified atom stereocenters. The summed E-state index contributed by atoms with van der Waals surface area (Å²) in [6.45, 7) is 0.793. The van der Waals surface area contributed by atoms with E-state index in [-0.39, 0.29) is 48.8 Å². The number of halogens is 1. The van der Waals surface area contributed by atoms with Gasteiger partial charge < -0.3 is 4.90 Å². The lowest BCUT2D eigenvalue weighted by molar-refractivity contribution is -0.129. The highest BCUT2D eigenvalue weighted by molar-refractivity contribution is 7.99. The van der Waals surface area contributed by atoms with Crippen LogP contribution in [0, 0.1) is 5.82 Å². The first-order valence-electron chi connectivity index (χ1n) is 10.4. The molecule has 1 saturated heterocycles. The standard InChI is InChI=1S/C19H25FN6O3S2/c20-16-8-4-5-9-17(16)31(28,29)25-12-10-24(11-13-25)18(27)14-30-19-21-22-23-26(19)15-6-2-1-3-7-15/h4-5,8-9,15H,1-3,6-7,10-14H2. The molecule has 0 N–H and O–H groups in total. The predicted octanol–water partition coefficient (Wildman–Crippen LogP) is 1.94. The predicted molar refractivity (Wildman–Crippen MR) is 112 cm³/mol. The van der Waals surface area contributed by atoms with E-state index >= 15 is 0 Å². The number of aromatic nitrogens is 4. The number of thioether (sulfide) groups is 1. The van der Waals surface area contributed by atoms with Gasteiger partial charge in [0.1, 0.15) is 10.7 Å². The molecule has 31 heavy (non-hydrogen) atoms. The molecule has 1 aromatic heterocycles. The number of amides is 1. The Kier molecular flexibility index (Phi) is 6.87. The maximum Gasteiger partial charge on any atom is 0.246 e. The number of hydrogen-bond acceptors (Lipinski definition) is 7. The maximum atomic E-state index is 14.0. The van der Waals surface area contributed by atoms with Crippen molar-refractivity contribution in [3.8, 4) is 0 Å². The molecule has 2 aliphatic rings.